The van der Waals surface area contributed by atoms with E-state index in [0.29, 0.717) is 18.4 Å². The van der Waals surface area contributed by atoms with Gasteiger partial charge in [0.2, 0.25) is 0 Å². The third kappa shape index (κ3) is 4.47. The predicted octanol–water partition coefficient (Wildman–Crippen LogP) is 4.71. The normalized spacial score (nSPS) is 30.1. The van der Waals surface area contributed by atoms with E-state index in [1.807, 2.05) is 12.1 Å². The highest BCUT2D eigenvalue weighted by molar-refractivity contribution is 5.66. The van der Waals surface area contributed by atoms with Crippen molar-refractivity contribution in [3.63, 3.8) is 0 Å². The van der Waals surface area contributed by atoms with Gasteiger partial charge in [0, 0.05) is 29.4 Å². The zero-order valence-electron chi connectivity index (χ0n) is 21.0. The van der Waals surface area contributed by atoms with Crippen LogP contribution in [0.2, 0.25) is 0 Å². The molecule has 6 heteroatoms. The monoisotopic (exact) mass is 471 g/mol. The molecule has 2 aliphatic carbocycles. The molecule has 2 N–H and O–H groups in total. The van der Waals surface area contributed by atoms with Gasteiger partial charge in [-0.1, -0.05) is 63.7 Å². The number of piperidine rings is 1. The average molecular weight is 472 g/mol. The summed E-state index contributed by atoms with van der Waals surface area (Å²) in [6.45, 7) is 3.25. The number of hydrogen-bond acceptors (Lipinski definition) is 5. The molecule has 188 valence electrons. The first-order chi connectivity index (χ1) is 16.4. The van der Waals surface area contributed by atoms with Crippen LogP contribution >= 0.6 is 0 Å². The van der Waals surface area contributed by atoms with Gasteiger partial charge in [-0.25, -0.2) is 0 Å². The minimum atomic E-state index is -0.663. The molecule has 4 aliphatic rings. The zero-order valence-corrected chi connectivity index (χ0v) is 21.0. The maximum atomic E-state index is 10.6. The largest absolute Gasteiger partial charge is 0.493 e. The van der Waals surface area contributed by atoms with Crippen molar-refractivity contribution in [1.82, 2.24) is 4.90 Å². The lowest BCUT2D eigenvalue weighted by atomic mass is 9.53. The summed E-state index contributed by atoms with van der Waals surface area (Å²) in [5, 5.41) is 18.9. The Morgan fingerprint density at radius 3 is 2.62 bits per heavy atom. The van der Waals surface area contributed by atoms with Crippen LogP contribution in [0.4, 0.5) is 0 Å². The fourth-order valence-corrected chi connectivity index (χ4v) is 6.62. The van der Waals surface area contributed by atoms with E-state index in [4.69, 9.17) is 14.6 Å². The third-order valence-electron chi connectivity index (χ3n) is 8.35. The number of likely N-dealkylation sites (N-methyl/N-ethyl adjacent to an activating group) is 1. The third-order valence-corrected chi connectivity index (χ3v) is 8.35. The average Bonchev–Trinajstić information content (AvgIpc) is 3.18. The molecule has 2 aliphatic heterocycles. The molecule has 2 heterocycles. The summed E-state index contributed by atoms with van der Waals surface area (Å²) < 4.78 is 11.8. The second-order valence-electron chi connectivity index (χ2n) is 10.4. The maximum Gasteiger partial charge on any atom is 0.303 e. The molecule has 1 saturated heterocycles. The van der Waals surface area contributed by atoms with Crippen molar-refractivity contribution in [2.75, 3.05) is 20.7 Å². The number of rotatable bonds is 9. The molecular weight excluding hydrogens is 430 g/mol. The highest BCUT2D eigenvalue weighted by atomic mass is 16.5. The van der Waals surface area contributed by atoms with Crippen molar-refractivity contribution in [3.05, 3.63) is 35.4 Å². The molecule has 2 bridgehead atoms. The van der Waals surface area contributed by atoms with Gasteiger partial charge in [-0.2, -0.15) is 0 Å². The number of unbranched alkanes of at least 4 members (excludes halogenated alkanes) is 6. The first kappa shape index (κ1) is 25.1. The van der Waals surface area contributed by atoms with Gasteiger partial charge in [0.05, 0.1) is 7.11 Å². The predicted molar refractivity (Wildman–Crippen MR) is 133 cm³/mol. The van der Waals surface area contributed by atoms with E-state index in [1.165, 1.54) is 43.2 Å². The van der Waals surface area contributed by atoms with Gasteiger partial charge >= 0.3 is 5.97 Å². The second kappa shape index (κ2) is 10.7. The molecule has 1 spiro atoms. The van der Waals surface area contributed by atoms with Crippen LogP contribution in [0.1, 0.15) is 75.8 Å². The number of benzene rings is 1. The number of aliphatic carboxylic acids is 1. The molecule has 1 aromatic rings. The molecule has 34 heavy (non-hydrogen) atoms. The molecule has 5 atom stereocenters. The number of likely N-dealkylation sites (tertiary alicyclic amines) is 1. The Labute approximate surface area is 203 Å². The molecule has 5 rings (SSSR count). The fourth-order valence-electron chi connectivity index (χ4n) is 6.62. The molecule has 1 aromatic carbocycles. The van der Waals surface area contributed by atoms with E-state index in [2.05, 4.69) is 31.0 Å². The van der Waals surface area contributed by atoms with Crippen LogP contribution in [0, 0.1) is 5.92 Å². The number of nitrogens with zero attached hydrogens (tertiary/aromatic N) is 1. The summed E-state index contributed by atoms with van der Waals surface area (Å²) in [6, 6.07) is 4.70. The highest BCUT2D eigenvalue weighted by Crippen LogP contribution is 2.62. The zero-order chi connectivity index (χ0) is 24.3. The van der Waals surface area contributed by atoms with E-state index < -0.39 is 12.1 Å². The number of carboxylic acids is 1. The van der Waals surface area contributed by atoms with Gasteiger partial charge in [-0.05, 0) is 44.5 Å². The van der Waals surface area contributed by atoms with Gasteiger partial charge in [-0.3, -0.25) is 4.79 Å². The van der Waals surface area contributed by atoms with E-state index in [-0.39, 0.29) is 11.5 Å². The van der Waals surface area contributed by atoms with E-state index in [0.717, 1.165) is 43.7 Å². The topological polar surface area (TPSA) is 79.2 Å². The number of methoxy groups -OCH3 is 1. The van der Waals surface area contributed by atoms with Crippen LogP contribution in [-0.2, 0) is 16.6 Å². The number of ether oxygens (including phenoxy) is 2. The molecule has 0 saturated carbocycles. The highest BCUT2D eigenvalue weighted by Gasteiger charge is 2.64. The first-order valence-electron chi connectivity index (χ1n) is 13.1. The Balaban J connectivity index is 0.000000197. The van der Waals surface area contributed by atoms with Crippen LogP contribution in [-0.4, -0.2) is 60.0 Å². The maximum absolute atomic E-state index is 10.6. The summed E-state index contributed by atoms with van der Waals surface area (Å²) in [7, 11) is 3.91. The minimum absolute atomic E-state index is 0.0806. The number of hydrogen-bond donors (Lipinski definition) is 2. The smallest absolute Gasteiger partial charge is 0.303 e. The molecule has 6 nitrogen and oxygen atoms in total. The van der Waals surface area contributed by atoms with E-state index in [9.17, 15) is 9.90 Å². The van der Waals surface area contributed by atoms with Crippen LogP contribution in [0.5, 0.6) is 11.5 Å². The van der Waals surface area contributed by atoms with E-state index >= 15 is 0 Å². The van der Waals surface area contributed by atoms with Gasteiger partial charge in [-0.15, -0.1) is 0 Å². The first-order valence-corrected chi connectivity index (χ1v) is 13.1. The number of carboxylic acid groups (broad SMARTS) is 1. The number of aliphatic hydroxyl groups excluding tert-OH is 1. The lowest BCUT2D eigenvalue weighted by Crippen LogP contribution is -2.64. The summed E-state index contributed by atoms with van der Waals surface area (Å²) in [4.78, 5) is 12.6. The Kier molecular flexibility index (Phi) is 7.88. The molecule has 0 aromatic heterocycles. The summed E-state index contributed by atoms with van der Waals surface area (Å²) >= 11 is 0. The van der Waals surface area contributed by atoms with Crippen LogP contribution in [0.15, 0.2) is 24.3 Å². The van der Waals surface area contributed by atoms with Gasteiger partial charge in [0.15, 0.2) is 11.5 Å². The van der Waals surface area contributed by atoms with Crippen LogP contribution < -0.4 is 9.47 Å². The molecule has 0 amide bonds. The lowest BCUT2D eigenvalue weighted by Gasteiger charge is -2.56. The SMILES string of the molecule is CCCCCCCCCC(=O)O.COc1ccc2c3c1O[C@H]1[C@@H](O)C=C[C@H]4[C@@H](C2)N(C)CC[C@@]341. The van der Waals surface area contributed by atoms with Crippen molar-refractivity contribution in [2.45, 2.75) is 94.8 Å². The molecule has 0 radical (unpaired) electrons. The Morgan fingerprint density at radius 2 is 1.91 bits per heavy atom. The summed E-state index contributed by atoms with van der Waals surface area (Å²) in [5.41, 5.74) is 2.60. The minimum Gasteiger partial charge on any atom is -0.493 e. The molecule has 1 fully saturated rings. The van der Waals surface area contributed by atoms with Crippen molar-refractivity contribution in [3.8, 4) is 11.5 Å². The van der Waals surface area contributed by atoms with E-state index in [1.54, 1.807) is 7.11 Å². The Hall–Kier alpha value is -2.05. The molecular formula is C28H41NO5. The van der Waals surface area contributed by atoms with Crippen molar-refractivity contribution in [1.29, 1.82) is 0 Å². The fraction of sp³-hybridized carbons (Fsp3) is 0.679. The van der Waals surface area contributed by atoms with Gasteiger partial charge in [0.1, 0.15) is 12.2 Å². The van der Waals surface area contributed by atoms with Gasteiger partial charge < -0.3 is 24.6 Å². The van der Waals surface area contributed by atoms with Crippen molar-refractivity contribution in [2.24, 2.45) is 5.92 Å². The summed E-state index contributed by atoms with van der Waals surface area (Å²) in [6.07, 6.45) is 14.2. The molecule has 0 unspecified atom stereocenters. The van der Waals surface area contributed by atoms with Crippen LogP contribution in [0.25, 0.3) is 0 Å². The number of carbonyl (C=O) groups is 1. The van der Waals surface area contributed by atoms with Gasteiger partial charge in [0.25, 0.3) is 0 Å². The Morgan fingerprint density at radius 1 is 1.18 bits per heavy atom. The summed E-state index contributed by atoms with van der Waals surface area (Å²) in [5.74, 6) is 1.43. The standard InChI is InChI=1S/C18H21NO3.C10H20O2/c1-19-8-7-18-11-4-5-13(20)17(18)22-16-14(21-2)6-3-10(15(16)18)9-12(11)19;1-2-3-4-5-6-7-8-9-10(11)12/h3-6,11-13,17,20H,7-9H2,1-2H3;2-9H2,1H3,(H,11,12)/t11-,12+,13-,17-,18-;/m0./s1. The second-order valence-corrected chi connectivity index (χ2v) is 10.4. The number of aliphatic hydroxyl groups is 1. The van der Waals surface area contributed by atoms with Crippen molar-refractivity contribution < 1.29 is 24.5 Å². The van der Waals surface area contributed by atoms with Crippen LogP contribution in [0.3, 0.4) is 0 Å². The Bertz CT molecular complexity index is 899. The van der Waals surface area contributed by atoms with Crippen molar-refractivity contribution >= 4 is 5.97 Å². The quantitative estimate of drug-likeness (QED) is 0.401. The lowest BCUT2D eigenvalue weighted by molar-refractivity contribution is -0.137.